The molecule has 1 rings (SSSR count). The van der Waals surface area contributed by atoms with Crippen molar-refractivity contribution in [2.24, 2.45) is 11.7 Å². The van der Waals surface area contributed by atoms with Gasteiger partial charge in [0.25, 0.3) is 0 Å². The fourth-order valence-corrected chi connectivity index (χ4v) is 3.72. The summed E-state index contributed by atoms with van der Waals surface area (Å²) in [7, 11) is -3.52. The molecule has 1 heterocycles. The third kappa shape index (κ3) is 5.76. The lowest BCUT2D eigenvalue weighted by molar-refractivity contribution is 0.517. The van der Waals surface area contributed by atoms with Crippen molar-refractivity contribution >= 4 is 10.0 Å². The van der Waals surface area contributed by atoms with E-state index in [2.05, 4.69) is 28.8 Å². The van der Waals surface area contributed by atoms with Gasteiger partial charge in [0.15, 0.2) is 0 Å². The van der Waals surface area contributed by atoms with Gasteiger partial charge in [-0.15, -0.1) is 0 Å². The van der Waals surface area contributed by atoms with E-state index in [9.17, 15) is 8.42 Å². The van der Waals surface area contributed by atoms with Gasteiger partial charge < -0.3 is 5.73 Å². The predicted molar refractivity (Wildman–Crippen MR) is 84.3 cm³/mol. The van der Waals surface area contributed by atoms with Gasteiger partial charge >= 0.3 is 0 Å². The highest BCUT2D eigenvalue weighted by Gasteiger charge is 2.22. The number of nitrogens with zero attached hydrogens (tertiary/aromatic N) is 1. The Kier molecular flexibility index (Phi) is 7.34. The first-order valence-corrected chi connectivity index (χ1v) is 9.10. The minimum absolute atomic E-state index is 0.107. The second-order valence-corrected chi connectivity index (χ2v) is 7.53. The van der Waals surface area contributed by atoms with Gasteiger partial charge in [0.2, 0.25) is 10.0 Å². The Morgan fingerprint density at radius 3 is 2.52 bits per heavy atom. The average molecular weight is 316 g/mol. The number of aromatic amines is 1. The molecule has 0 saturated carbocycles. The molecule has 0 amide bonds. The second-order valence-electron chi connectivity index (χ2n) is 5.82. The fraction of sp³-hybridized carbons (Fsp3) is 0.786. The fourth-order valence-electron chi connectivity index (χ4n) is 2.27. The lowest BCUT2D eigenvalue weighted by Gasteiger charge is -2.08. The first kappa shape index (κ1) is 18.1. The van der Waals surface area contributed by atoms with Crippen LogP contribution in [0.15, 0.2) is 4.90 Å². The number of aromatic nitrogens is 2. The van der Waals surface area contributed by atoms with Gasteiger partial charge in [-0.3, -0.25) is 5.10 Å². The Balaban J connectivity index is 2.39. The summed E-state index contributed by atoms with van der Waals surface area (Å²) < 4.78 is 27.1. The lowest BCUT2D eigenvalue weighted by atomic mass is 10.0. The van der Waals surface area contributed by atoms with E-state index >= 15 is 0 Å². The van der Waals surface area contributed by atoms with Crippen molar-refractivity contribution < 1.29 is 8.42 Å². The quantitative estimate of drug-likeness (QED) is 0.575. The molecule has 1 aromatic rings. The van der Waals surface area contributed by atoms with E-state index in [0.717, 1.165) is 25.2 Å². The Morgan fingerprint density at radius 2 is 1.90 bits per heavy atom. The molecule has 0 spiro atoms. The zero-order valence-electron chi connectivity index (χ0n) is 13.3. The molecule has 122 valence electrons. The van der Waals surface area contributed by atoms with Crippen molar-refractivity contribution in [1.82, 2.24) is 14.9 Å². The molecule has 0 fully saturated rings. The molecule has 21 heavy (non-hydrogen) atoms. The molecule has 0 aliphatic rings. The Morgan fingerprint density at radius 1 is 1.24 bits per heavy atom. The number of hydrogen-bond donors (Lipinski definition) is 3. The number of aryl methyl sites for hydroxylation is 1. The highest BCUT2D eigenvalue weighted by Crippen LogP contribution is 2.17. The standard InChI is InChI=1S/C14H28N4O2S/c1-11(2)8-6-4-5-7-9-16-21(19,20)14-12(3)17-18-13(14)10-15/h11,16H,4-10,15H2,1-3H3,(H,17,18). The second kappa shape index (κ2) is 8.51. The van der Waals surface area contributed by atoms with E-state index in [1.165, 1.54) is 12.8 Å². The minimum Gasteiger partial charge on any atom is -0.325 e. The monoisotopic (exact) mass is 316 g/mol. The Hall–Kier alpha value is -0.920. The first-order valence-electron chi connectivity index (χ1n) is 7.62. The molecule has 7 heteroatoms. The maximum Gasteiger partial charge on any atom is 0.244 e. The molecule has 4 N–H and O–H groups in total. The molecule has 0 radical (unpaired) electrons. The topological polar surface area (TPSA) is 101 Å². The highest BCUT2D eigenvalue weighted by molar-refractivity contribution is 7.89. The van der Waals surface area contributed by atoms with Gasteiger partial charge in [-0.25, -0.2) is 13.1 Å². The maximum absolute atomic E-state index is 12.2. The Bertz CT molecular complexity index is 523. The molecule has 0 aliphatic carbocycles. The molecule has 1 aromatic heterocycles. The van der Waals surface area contributed by atoms with Crippen LogP contribution in [-0.4, -0.2) is 25.2 Å². The number of rotatable bonds is 10. The van der Waals surface area contributed by atoms with Crippen LogP contribution in [0.3, 0.4) is 0 Å². The lowest BCUT2D eigenvalue weighted by Crippen LogP contribution is -2.26. The van der Waals surface area contributed by atoms with Crippen molar-refractivity contribution in [1.29, 1.82) is 0 Å². The molecule has 0 unspecified atom stereocenters. The summed E-state index contributed by atoms with van der Waals surface area (Å²) in [5.74, 6) is 0.738. The highest BCUT2D eigenvalue weighted by atomic mass is 32.2. The van der Waals surface area contributed by atoms with Crippen molar-refractivity contribution in [2.45, 2.75) is 64.3 Å². The van der Waals surface area contributed by atoms with Crippen LogP contribution < -0.4 is 10.5 Å². The van der Waals surface area contributed by atoms with Crippen LogP contribution in [0.25, 0.3) is 0 Å². The summed E-state index contributed by atoms with van der Waals surface area (Å²) in [5, 5.41) is 6.59. The number of H-pyrrole nitrogens is 1. The first-order chi connectivity index (χ1) is 9.88. The number of unbranched alkanes of at least 4 members (excludes halogenated alkanes) is 3. The minimum atomic E-state index is -3.52. The van der Waals surface area contributed by atoms with Crippen molar-refractivity contribution in [3.05, 3.63) is 11.4 Å². The smallest absolute Gasteiger partial charge is 0.244 e. The van der Waals surface area contributed by atoms with E-state index in [1.54, 1.807) is 6.92 Å². The van der Waals surface area contributed by atoms with E-state index in [1.807, 2.05) is 0 Å². The molecule has 0 aromatic carbocycles. The normalized spacial score (nSPS) is 12.2. The largest absolute Gasteiger partial charge is 0.325 e. The SMILES string of the molecule is Cc1[nH]nc(CN)c1S(=O)(=O)NCCCCCCC(C)C. The zero-order chi connectivity index (χ0) is 15.9. The van der Waals surface area contributed by atoms with Gasteiger partial charge in [-0.1, -0.05) is 39.5 Å². The summed E-state index contributed by atoms with van der Waals surface area (Å²) in [6.45, 7) is 6.69. The number of nitrogens with one attached hydrogen (secondary N) is 2. The summed E-state index contributed by atoms with van der Waals surface area (Å²) >= 11 is 0. The number of nitrogens with two attached hydrogens (primary N) is 1. The number of hydrogen-bond acceptors (Lipinski definition) is 4. The van der Waals surface area contributed by atoms with Crippen LogP contribution >= 0.6 is 0 Å². The van der Waals surface area contributed by atoms with E-state index in [4.69, 9.17) is 5.73 Å². The van der Waals surface area contributed by atoms with E-state index in [0.29, 0.717) is 17.9 Å². The molecule has 0 aliphatic heterocycles. The molecule has 0 saturated heterocycles. The molecule has 0 atom stereocenters. The summed E-state index contributed by atoms with van der Waals surface area (Å²) in [6.07, 6.45) is 5.50. The van der Waals surface area contributed by atoms with Gasteiger partial charge in [-0.05, 0) is 19.3 Å². The van der Waals surface area contributed by atoms with Gasteiger partial charge in [0.1, 0.15) is 4.90 Å². The average Bonchev–Trinajstić information content (AvgIpc) is 2.79. The molecule has 0 bridgehead atoms. The predicted octanol–water partition coefficient (Wildman–Crippen LogP) is 2.06. The van der Waals surface area contributed by atoms with Crippen molar-refractivity contribution in [3.63, 3.8) is 0 Å². The maximum atomic E-state index is 12.2. The van der Waals surface area contributed by atoms with Crippen LogP contribution in [-0.2, 0) is 16.6 Å². The van der Waals surface area contributed by atoms with Gasteiger partial charge in [-0.2, -0.15) is 5.10 Å². The van der Waals surface area contributed by atoms with Crippen molar-refractivity contribution in [2.75, 3.05) is 6.54 Å². The van der Waals surface area contributed by atoms with Gasteiger partial charge in [0.05, 0.1) is 11.4 Å². The summed E-state index contributed by atoms with van der Waals surface area (Å²) in [5.41, 5.74) is 6.43. The molecular weight excluding hydrogens is 288 g/mol. The van der Waals surface area contributed by atoms with Crippen LogP contribution in [0.2, 0.25) is 0 Å². The number of sulfonamides is 1. The third-order valence-electron chi connectivity index (χ3n) is 3.42. The van der Waals surface area contributed by atoms with E-state index < -0.39 is 10.0 Å². The van der Waals surface area contributed by atoms with Crippen LogP contribution in [0.5, 0.6) is 0 Å². The molecular formula is C14H28N4O2S. The summed E-state index contributed by atoms with van der Waals surface area (Å²) in [4.78, 5) is 0.199. The Labute approximate surface area is 127 Å². The third-order valence-corrected chi connectivity index (χ3v) is 5.09. The van der Waals surface area contributed by atoms with Crippen LogP contribution in [0.1, 0.15) is 57.3 Å². The molecule has 6 nitrogen and oxygen atoms in total. The summed E-state index contributed by atoms with van der Waals surface area (Å²) in [6, 6.07) is 0. The van der Waals surface area contributed by atoms with Crippen molar-refractivity contribution in [3.8, 4) is 0 Å². The zero-order valence-corrected chi connectivity index (χ0v) is 14.1. The van der Waals surface area contributed by atoms with Gasteiger partial charge in [0, 0.05) is 13.1 Å². The van der Waals surface area contributed by atoms with E-state index in [-0.39, 0.29) is 11.4 Å². The van der Waals surface area contributed by atoms with Crippen LogP contribution in [0, 0.1) is 12.8 Å². The van der Waals surface area contributed by atoms with Crippen LogP contribution in [0.4, 0.5) is 0 Å².